The van der Waals surface area contributed by atoms with Gasteiger partial charge in [-0.25, -0.2) is 4.52 Å². The van der Waals surface area contributed by atoms with Crippen LogP contribution in [0.1, 0.15) is 10.6 Å². The minimum Gasteiger partial charge on any atom is -0.497 e. The Morgan fingerprint density at radius 2 is 2.05 bits per heavy atom. The maximum Gasteiger partial charge on any atom is 0.212 e. The number of aromatic nitrogens is 3. The molecule has 5 nitrogen and oxygen atoms in total. The number of rotatable bonds is 4. The molecule has 2 heterocycles. The van der Waals surface area contributed by atoms with Crippen molar-refractivity contribution in [2.45, 2.75) is 13.3 Å². The van der Waals surface area contributed by atoms with E-state index in [1.807, 2.05) is 28.8 Å². The number of nitrogens with zero attached hydrogens (tertiary/aromatic N) is 3. The smallest absolute Gasteiger partial charge is 0.212 e. The second-order valence-corrected chi connectivity index (χ2v) is 5.57. The molecule has 2 N–H and O–H groups in total. The van der Waals surface area contributed by atoms with Crippen LogP contribution >= 0.6 is 11.3 Å². The number of hydrogen-bond donors (Lipinski definition) is 1. The van der Waals surface area contributed by atoms with Gasteiger partial charge in [-0.15, -0.1) is 5.10 Å². The molecule has 0 aliphatic carbocycles. The van der Waals surface area contributed by atoms with Gasteiger partial charge in [0.15, 0.2) is 5.82 Å². The molecule has 0 aliphatic heterocycles. The highest BCUT2D eigenvalue weighted by Gasteiger charge is 2.13. The molecule has 0 aliphatic rings. The van der Waals surface area contributed by atoms with Crippen LogP contribution < -0.4 is 10.5 Å². The topological polar surface area (TPSA) is 65.4 Å². The summed E-state index contributed by atoms with van der Waals surface area (Å²) in [6.07, 6.45) is 0.874. The first-order valence-electron chi connectivity index (χ1n) is 6.42. The van der Waals surface area contributed by atoms with Crippen molar-refractivity contribution < 1.29 is 4.74 Å². The number of benzene rings is 1. The Balaban J connectivity index is 2.00. The molecule has 6 heteroatoms. The second kappa shape index (κ2) is 5.22. The minimum absolute atomic E-state index is 0.649. The molecule has 0 atom stereocenters. The largest absolute Gasteiger partial charge is 0.497 e. The quantitative estimate of drug-likeness (QED) is 0.800. The van der Waals surface area contributed by atoms with E-state index in [1.54, 1.807) is 18.4 Å². The SMILES string of the molecule is COc1ccc(-c2nc3sc(CCN)c(C)n3n2)cc1. The van der Waals surface area contributed by atoms with Crippen molar-refractivity contribution in [3.8, 4) is 17.1 Å². The number of fused-ring (bicyclic) bond motifs is 1. The van der Waals surface area contributed by atoms with Crippen LogP contribution in [-0.4, -0.2) is 28.3 Å². The van der Waals surface area contributed by atoms with E-state index < -0.39 is 0 Å². The van der Waals surface area contributed by atoms with Crippen LogP contribution in [0.25, 0.3) is 16.3 Å². The lowest BCUT2D eigenvalue weighted by Gasteiger charge is -1.99. The van der Waals surface area contributed by atoms with Crippen LogP contribution in [0.2, 0.25) is 0 Å². The van der Waals surface area contributed by atoms with Crippen molar-refractivity contribution in [2.24, 2.45) is 5.73 Å². The Kier molecular flexibility index (Phi) is 3.42. The monoisotopic (exact) mass is 288 g/mol. The van der Waals surface area contributed by atoms with Crippen molar-refractivity contribution >= 4 is 16.3 Å². The normalized spacial score (nSPS) is 11.2. The van der Waals surface area contributed by atoms with Gasteiger partial charge in [0.25, 0.3) is 0 Å². The van der Waals surface area contributed by atoms with Gasteiger partial charge >= 0.3 is 0 Å². The van der Waals surface area contributed by atoms with E-state index in [9.17, 15) is 0 Å². The van der Waals surface area contributed by atoms with Crippen LogP contribution in [-0.2, 0) is 6.42 Å². The van der Waals surface area contributed by atoms with E-state index >= 15 is 0 Å². The number of aryl methyl sites for hydroxylation is 1. The van der Waals surface area contributed by atoms with Gasteiger partial charge in [-0.2, -0.15) is 4.98 Å². The molecule has 1 aromatic carbocycles. The summed E-state index contributed by atoms with van der Waals surface area (Å²) < 4.78 is 7.05. The first-order valence-corrected chi connectivity index (χ1v) is 7.24. The highest BCUT2D eigenvalue weighted by molar-refractivity contribution is 7.17. The lowest BCUT2D eigenvalue weighted by Crippen LogP contribution is -2.03. The van der Waals surface area contributed by atoms with E-state index in [4.69, 9.17) is 10.5 Å². The van der Waals surface area contributed by atoms with Crippen molar-refractivity contribution in [3.63, 3.8) is 0 Å². The Bertz CT molecular complexity index is 730. The first kappa shape index (κ1) is 13.1. The van der Waals surface area contributed by atoms with Crippen molar-refractivity contribution in [1.29, 1.82) is 0 Å². The third-order valence-electron chi connectivity index (χ3n) is 3.23. The average Bonchev–Trinajstić information content (AvgIpc) is 3.01. The molecule has 104 valence electrons. The average molecular weight is 288 g/mol. The van der Waals surface area contributed by atoms with Crippen LogP contribution in [0.15, 0.2) is 24.3 Å². The van der Waals surface area contributed by atoms with Gasteiger partial charge in [0, 0.05) is 10.4 Å². The Labute approximate surface area is 121 Å². The molecule has 0 saturated carbocycles. The molecule has 2 aromatic heterocycles. The van der Waals surface area contributed by atoms with Gasteiger partial charge in [0.1, 0.15) is 5.75 Å². The number of ether oxygens (including phenoxy) is 1. The van der Waals surface area contributed by atoms with E-state index in [0.717, 1.165) is 34.2 Å². The van der Waals surface area contributed by atoms with E-state index in [0.29, 0.717) is 6.54 Å². The summed E-state index contributed by atoms with van der Waals surface area (Å²) in [5, 5.41) is 4.58. The molecule has 0 radical (unpaired) electrons. The summed E-state index contributed by atoms with van der Waals surface area (Å²) in [7, 11) is 1.65. The molecular formula is C14H16N4OS. The zero-order valence-corrected chi connectivity index (χ0v) is 12.3. The van der Waals surface area contributed by atoms with Gasteiger partial charge in [-0.3, -0.25) is 0 Å². The summed E-state index contributed by atoms with van der Waals surface area (Å²) in [6, 6.07) is 7.76. The molecule has 0 spiro atoms. The van der Waals surface area contributed by atoms with Gasteiger partial charge in [-0.05, 0) is 44.2 Å². The third kappa shape index (κ3) is 2.17. The van der Waals surface area contributed by atoms with Gasteiger partial charge in [0.2, 0.25) is 4.96 Å². The van der Waals surface area contributed by atoms with E-state index in [1.165, 1.54) is 4.88 Å². The summed E-state index contributed by atoms with van der Waals surface area (Å²) in [6.45, 7) is 2.71. The molecule has 0 bridgehead atoms. The molecular weight excluding hydrogens is 272 g/mol. The van der Waals surface area contributed by atoms with E-state index in [-0.39, 0.29) is 0 Å². The fourth-order valence-electron chi connectivity index (χ4n) is 2.11. The van der Waals surface area contributed by atoms with Crippen molar-refractivity contribution in [1.82, 2.24) is 14.6 Å². The second-order valence-electron chi connectivity index (χ2n) is 4.51. The zero-order chi connectivity index (χ0) is 14.1. The number of hydrogen-bond acceptors (Lipinski definition) is 5. The van der Waals surface area contributed by atoms with Crippen LogP contribution in [0.4, 0.5) is 0 Å². The first-order chi connectivity index (χ1) is 9.72. The predicted octanol–water partition coefficient (Wildman–Crippen LogP) is 2.28. The van der Waals surface area contributed by atoms with Crippen LogP contribution in [0, 0.1) is 6.92 Å². The van der Waals surface area contributed by atoms with Gasteiger partial charge in [-0.1, -0.05) is 11.3 Å². The van der Waals surface area contributed by atoms with Crippen LogP contribution in [0.5, 0.6) is 5.75 Å². The number of nitrogens with two attached hydrogens (primary N) is 1. The highest BCUT2D eigenvalue weighted by Crippen LogP contribution is 2.25. The van der Waals surface area contributed by atoms with Crippen LogP contribution in [0.3, 0.4) is 0 Å². The number of methoxy groups -OCH3 is 1. The standard InChI is InChI=1S/C14H16N4OS/c1-9-12(7-8-15)20-14-16-13(17-18(9)14)10-3-5-11(19-2)6-4-10/h3-6H,7-8,15H2,1-2H3. The van der Waals surface area contributed by atoms with Crippen molar-refractivity contribution in [2.75, 3.05) is 13.7 Å². The van der Waals surface area contributed by atoms with Gasteiger partial charge in [0.05, 0.1) is 12.8 Å². The molecule has 0 saturated heterocycles. The third-order valence-corrected chi connectivity index (χ3v) is 4.43. The fourth-order valence-corrected chi connectivity index (χ4v) is 3.18. The fraction of sp³-hybridized carbons (Fsp3) is 0.286. The lowest BCUT2D eigenvalue weighted by molar-refractivity contribution is 0.415. The summed E-state index contributed by atoms with van der Waals surface area (Å²) in [5.74, 6) is 1.57. The molecule has 3 aromatic rings. The molecule has 0 amide bonds. The Morgan fingerprint density at radius 1 is 1.30 bits per heavy atom. The summed E-state index contributed by atoms with van der Waals surface area (Å²) >= 11 is 1.66. The molecule has 0 fully saturated rings. The van der Waals surface area contributed by atoms with Gasteiger partial charge < -0.3 is 10.5 Å². The molecule has 3 rings (SSSR count). The molecule has 0 unspecified atom stereocenters. The number of thiazole rings is 1. The summed E-state index contributed by atoms with van der Waals surface area (Å²) in [5.41, 5.74) is 7.73. The van der Waals surface area contributed by atoms with Crippen molar-refractivity contribution in [3.05, 3.63) is 34.8 Å². The highest BCUT2D eigenvalue weighted by atomic mass is 32.1. The Morgan fingerprint density at radius 3 is 2.65 bits per heavy atom. The maximum absolute atomic E-state index is 5.61. The Hall–Kier alpha value is -1.92. The zero-order valence-electron chi connectivity index (χ0n) is 11.5. The maximum atomic E-state index is 5.61. The lowest BCUT2D eigenvalue weighted by atomic mass is 10.2. The molecule has 20 heavy (non-hydrogen) atoms. The van der Waals surface area contributed by atoms with E-state index in [2.05, 4.69) is 17.0 Å². The predicted molar refractivity (Wildman–Crippen MR) is 80.3 cm³/mol. The summed E-state index contributed by atoms with van der Waals surface area (Å²) in [4.78, 5) is 6.76. The minimum atomic E-state index is 0.649.